The Morgan fingerprint density at radius 3 is 1.81 bits per heavy atom. The number of hydrogen-bond donors (Lipinski definition) is 2. The van der Waals surface area contributed by atoms with Gasteiger partial charge in [0.15, 0.2) is 5.69 Å². The number of benzene rings is 2. The monoisotopic (exact) mass is 487 g/mol. The molecule has 0 radical (unpaired) electrons. The Kier molecular flexibility index (Phi) is 7.33. The molecule has 0 aliphatic rings. The van der Waals surface area contributed by atoms with E-state index in [0.29, 0.717) is 52.2 Å². The van der Waals surface area contributed by atoms with Gasteiger partial charge in [0.05, 0.1) is 13.2 Å². The molecular formula is C28H29N3O5. The minimum absolute atomic E-state index is 0.129. The molecule has 2 N–H and O–H groups in total. The molecule has 0 unspecified atom stereocenters. The van der Waals surface area contributed by atoms with Crippen molar-refractivity contribution in [3.63, 3.8) is 0 Å². The standard InChI is InChI=1S/C28H29N3O5/c1-16(2)14-35-23-12-21(27(32)29-18-8-6-5-7-9-18)30-25-19(23)10-11-20-24(36-15-17(3)4)13-22(28(33)34)31-26(20)25/h5-13,16-17H,14-15H2,1-4H3,(H,29,32)(H,33,34). The number of amides is 1. The van der Waals surface area contributed by atoms with Crippen LogP contribution in [0.5, 0.6) is 11.5 Å². The lowest BCUT2D eigenvalue weighted by atomic mass is 10.1. The fraction of sp³-hybridized carbons (Fsp3) is 0.286. The molecule has 0 bridgehead atoms. The Bertz CT molecular complexity index is 1420. The second-order valence-electron chi connectivity index (χ2n) is 9.40. The van der Waals surface area contributed by atoms with Gasteiger partial charge in [-0.3, -0.25) is 4.79 Å². The van der Waals surface area contributed by atoms with Crippen molar-refractivity contribution in [2.24, 2.45) is 11.8 Å². The van der Waals surface area contributed by atoms with Crippen LogP contribution in [0.1, 0.15) is 48.7 Å². The maximum absolute atomic E-state index is 13.1. The molecule has 0 saturated heterocycles. The molecule has 0 aliphatic carbocycles. The number of aromatic carboxylic acids is 1. The number of carboxylic acid groups (broad SMARTS) is 1. The second-order valence-corrected chi connectivity index (χ2v) is 9.40. The van der Waals surface area contributed by atoms with Gasteiger partial charge >= 0.3 is 5.97 Å². The van der Waals surface area contributed by atoms with Crippen molar-refractivity contribution in [3.05, 3.63) is 66.0 Å². The van der Waals surface area contributed by atoms with E-state index in [-0.39, 0.29) is 23.2 Å². The minimum Gasteiger partial charge on any atom is -0.493 e. The first-order valence-corrected chi connectivity index (χ1v) is 11.9. The molecule has 0 atom stereocenters. The number of hydrogen-bond acceptors (Lipinski definition) is 6. The second kappa shape index (κ2) is 10.6. The highest BCUT2D eigenvalue weighted by Gasteiger charge is 2.20. The predicted octanol–water partition coefficient (Wildman–Crippen LogP) is 5.80. The quantitative estimate of drug-likeness (QED) is 0.287. The van der Waals surface area contributed by atoms with Gasteiger partial charge in [0.2, 0.25) is 0 Å². The zero-order valence-corrected chi connectivity index (χ0v) is 20.7. The highest BCUT2D eigenvalue weighted by Crippen LogP contribution is 2.35. The molecule has 4 aromatic rings. The topological polar surface area (TPSA) is 111 Å². The van der Waals surface area contributed by atoms with E-state index < -0.39 is 11.9 Å². The van der Waals surface area contributed by atoms with Crippen LogP contribution >= 0.6 is 0 Å². The zero-order chi connectivity index (χ0) is 25.8. The summed E-state index contributed by atoms with van der Waals surface area (Å²) in [4.78, 5) is 34.0. The minimum atomic E-state index is -1.18. The van der Waals surface area contributed by atoms with Gasteiger partial charge in [-0.1, -0.05) is 45.9 Å². The molecule has 8 heteroatoms. The van der Waals surface area contributed by atoms with Crippen LogP contribution in [0, 0.1) is 11.8 Å². The van der Waals surface area contributed by atoms with Gasteiger partial charge < -0.3 is 19.9 Å². The number of rotatable bonds is 9. The van der Waals surface area contributed by atoms with E-state index in [2.05, 4.69) is 15.3 Å². The molecule has 0 spiro atoms. The van der Waals surface area contributed by atoms with Crippen LogP contribution in [-0.2, 0) is 0 Å². The van der Waals surface area contributed by atoms with E-state index in [0.717, 1.165) is 0 Å². The Morgan fingerprint density at radius 2 is 1.31 bits per heavy atom. The lowest BCUT2D eigenvalue weighted by Crippen LogP contribution is -2.15. The van der Waals surface area contributed by atoms with Gasteiger partial charge in [0, 0.05) is 28.6 Å². The third-order valence-electron chi connectivity index (χ3n) is 5.31. The van der Waals surface area contributed by atoms with Crippen LogP contribution in [-0.4, -0.2) is 40.2 Å². The van der Waals surface area contributed by atoms with E-state index >= 15 is 0 Å². The summed E-state index contributed by atoms with van der Waals surface area (Å²) in [5, 5.41) is 13.8. The summed E-state index contributed by atoms with van der Waals surface area (Å²) in [6.45, 7) is 8.92. The normalized spacial score (nSPS) is 11.3. The first-order valence-electron chi connectivity index (χ1n) is 11.9. The van der Waals surface area contributed by atoms with E-state index in [4.69, 9.17) is 9.47 Å². The number of nitrogens with one attached hydrogen (secondary N) is 1. The van der Waals surface area contributed by atoms with Crippen LogP contribution < -0.4 is 14.8 Å². The summed E-state index contributed by atoms with van der Waals surface area (Å²) < 4.78 is 12.0. The Hall–Kier alpha value is -4.20. The summed E-state index contributed by atoms with van der Waals surface area (Å²) >= 11 is 0. The van der Waals surface area contributed by atoms with E-state index in [1.807, 2.05) is 58.0 Å². The van der Waals surface area contributed by atoms with Gasteiger partial charge in [-0.05, 0) is 36.1 Å². The number of carbonyl (C=O) groups is 2. The molecule has 2 aromatic heterocycles. The van der Waals surface area contributed by atoms with E-state index in [9.17, 15) is 14.7 Å². The number of pyridine rings is 2. The summed E-state index contributed by atoms with van der Waals surface area (Å²) in [7, 11) is 0. The average molecular weight is 488 g/mol. The van der Waals surface area contributed by atoms with Gasteiger partial charge in [-0.2, -0.15) is 0 Å². The largest absolute Gasteiger partial charge is 0.493 e. The van der Waals surface area contributed by atoms with Crippen LogP contribution in [0.25, 0.3) is 21.8 Å². The summed E-state index contributed by atoms with van der Waals surface area (Å²) in [5.41, 5.74) is 1.28. The first kappa shape index (κ1) is 24.9. The van der Waals surface area contributed by atoms with E-state index in [1.54, 1.807) is 18.2 Å². The average Bonchev–Trinajstić information content (AvgIpc) is 2.85. The number of ether oxygens (including phenoxy) is 2. The van der Waals surface area contributed by atoms with Gasteiger partial charge in [0.25, 0.3) is 5.91 Å². The number of carboxylic acids is 1. The fourth-order valence-corrected chi connectivity index (χ4v) is 3.61. The third-order valence-corrected chi connectivity index (χ3v) is 5.31. The molecule has 186 valence electrons. The lowest BCUT2D eigenvalue weighted by Gasteiger charge is -2.16. The fourth-order valence-electron chi connectivity index (χ4n) is 3.61. The summed E-state index contributed by atoms with van der Waals surface area (Å²) in [5.74, 6) is -0.232. The molecule has 36 heavy (non-hydrogen) atoms. The third kappa shape index (κ3) is 5.54. The summed E-state index contributed by atoms with van der Waals surface area (Å²) in [6, 6.07) is 15.7. The molecular weight excluding hydrogens is 458 g/mol. The van der Waals surface area contributed by atoms with Crippen molar-refractivity contribution in [2.75, 3.05) is 18.5 Å². The Labute approximate surface area is 209 Å². The molecule has 2 aromatic carbocycles. The molecule has 8 nitrogen and oxygen atoms in total. The summed E-state index contributed by atoms with van der Waals surface area (Å²) in [6.07, 6.45) is 0. The SMILES string of the molecule is CC(C)COc1cc(C(=O)O)nc2c1ccc1c(OCC(C)C)cc(C(=O)Nc3ccccc3)nc12. The number of aromatic nitrogens is 2. The molecule has 2 heterocycles. The van der Waals surface area contributed by atoms with Crippen LogP contribution in [0.3, 0.4) is 0 Å². The van der Waals surface area contributed by atoms with Crippen LogP contribution in [0.4, 0.5) is 5.69 Å². The van der Waals surface area contributed by atoms with Crippen molar-refractivity contribution >= 4 is 39.4 Å². The highest BCUT2D eigenvalue weighted by atomic mass is 16.5. The lowest BCUT2D eigenvalue weighted by molar-refractivity contribution is 0.0690. The number of nitrogens with zero attached hydrogens (tertiary/aromatic N) is 2. The zero-order valence-electron chi connectivity index (χ0n) is 20.7. The Morgan fingerprint density at radius 1 is 0.806 bits per heavy atom. The van der Waals surface area contributed by atoms with Crippen molar-refractivity contribution < 1.29 is 24.2 Å². The smallest absolute Gasteiger partial charge is 0.354 e. The predicted molar refractivity (Wildman–Crippen MR) is 139 cm³/mol. The number of carbonyl (C=O) groups excluding carboxylic acids is 1. The molecule has 1 amide bonds. The van der Waals surface area contributed by atoms with Crippen LogP contribution in [0.15, 0.2) is 54.6 Å². The van der Waals surface area contributed by atoms with E-state index in [1.165, 1.54) is 6.07 Å². The van der Waals surface area contributed by atoms with Crippen molar-refractivity contribution in [2.45, 2.75) is 27.7 Å². The highest BCUT2D eigenvalue weighted by molar-refractivity contribution is 6.11. The van der Waals surface area contributed by atoms with Crippen molar-refractivity contribution in [1.29, 1.82) is 0 Å². The number of anilines is 1. The first-order chi connectivity index (χ1) is 17.2. The number of para-hydroxylation sites is 1. The van der Waals surface area contributed by atoms with Gasteiger partial charge in [-0.25, -0.2) is 14.8 Å². The molecule has 4 rings (SSSR count). The molecule has 0 fully saturated rings. The molecule has 0 aliphatic heterocycles. The van der Waals surface area contributed by atoms with Crippen molar-refractivity contribution in [1.82, 2.24) is 9.97 Å². The molecule has 0 saturated carbocycles. The Balaban J connectivity index is 1.92. The van der Waals surface area contributed by atoms with Crippen molar-refractivity contribution in [3.8, 4) is 11.5 Å². The maximum Gasteiger partial charge on any atom is 0.354 e. The van der Waals surface area contributed by atoms with Crippen LogP contribution in [0.2, 0.25) is 0 Å². The number of fused-ring (bicyclic) bond motifs is 3. The maximum atomic E-state index is 13.1. The van der Waals surface area contributed by atoms with Gasteiger partial charge in [0.1, 0.15) is 28.2 Å². The van der Waals surface area contributed by atoms with Gasteiger partial charge in [-0.15, -0.1) is 0 Å².